The van der Waals surface area contributed by atoms with Crippen LogP contribution in [-0.2, 0) is 4.79 Å². The van der Waals surface area contributed by atoms with Crippen LogP contribution in [0.25, 0.3) is 0 Å². The largest absolute Gasteiger partial charge is 0.480 e. The van der Waals surface area contributed by atoms with Crippen LogP contribution in [0.15, 0.2) is 0 Å². The lowest BCUT2D eigenvalue weighted by Crippen LogP contribution is -2.52. The molecule has 0 atom stereocenters. The standard InChI is InChI=1S/C9H16F3NO2S/c1-3-8(4-2,7(14)15)13-5-6-16-9(10,11)12/h13H,3-6H2,1-2H3,(H,14,15). The number of hydrogen-bond donors (Lipinski definition) is 2. The van der Waals surface area contributed by atoms with Gasteiger partial charge in [0.25, 0.3) is 0 Å². The Labute approximate surface area is 96.8 Å². The monoisotopic (exact) mass is 259 g/mol. The Balaban J connectivity index is 4.10. The molecular weight excluding hydrogens is 243 g/mol. The minimum Gasteiger partial charge on any atom is -0.480 e. The second kappa shape index (κ2) is 6.34. The van der Waals surface area contributed by atoms with E-state index in [4.69, 9.17) is 5.11 Å². The van der Waals surface area contributed by atoms with Gasteiger partial charge in [0.15, 0.2) is 0 Å². The van der Waals surface area contributed by atoms with Gasteiger partial charge in [-0.2, -0.15) is 13.2 Å². The fourth-order valence-corrected chi connectivity index (χ4v) is 1.77. The third-order valence-corrected chi connectivity index (χ3v) is 3.18. The number of carboxylic acid groups (broad SMARTS) is 1. The van der Waals surface area contributed by atoms with Gasteiger partial charge in [0.05, 0.1) is 0 Å². The number of carbonyl (C=O) groups is 1. The van der Waals surface area contributed by atoms with E-state index in [2.05, 4.69) is 5.32 Å². The van der Waals surface area contributed by atoms with E-state index >= 15 is 0 Å². The Morgan fingerprint density at radius 2 is 1.81 bits per heavy atom. The van der Waals surface area contributed by atoms with Crippen molar-refractivity contribution in [2.75, 3.05) is 12.3 Å². The SMILES string of the molecule is CCC(CC)(NCCSC(F)(F)F)C(=O)O. The van der Waals surface area contributed by atoms with Gasteiger partial charge in [0, 0.05) is 12.3 Å². The summed E-state index contributed by atoms with van der Waals surface area (Å²) in [7, 11) is 0. The number of thioether (sulfide) groups is 1. The lowest BCUT2D eigenvalue weighted by molar-refractivity contribution is -0.145. The number of halogens is 3. The molecule has 0 bridgehead atoms. The van der Waals surface area contributed by atoms with Gasteiger partial charge in [-0.3, -0.25) is 4.79 Å². The van der Waals surface area contributed by atoms with E-state index < -0.39 is 17.0 Å². The molecule has 0 unspecified atom stereocenters. The quantitative estimate of drug-likeness (QED) is 0.690. The van der Waals surface area contributed by atoms with E-state index in [1.807, 2.05) is 0 Å². The first kappa shape index (κ1) is 15.6. The van der Waals surface area contributed by atoms with Crippen molar-refractivity contribution in [1.29, 1.82) is 0 Å². The summed E-state index contributed by atoms with van der Waals surface area (Å²) in [4.78, 5) is 11.0. The zero-order valence-corrected chi connectivity index (χ0v) is 10.0. The summed E-state index contributed by atoms with van der Waals surface area (Å²) < 4.78 is 35.5. The van der Waals surface area contributed by atoms with Crippen LogP contribution in [0.1, 0.15) is 26.7 Å². The molecule has 7 heteroatoms. The number of hydrogen-bond acceptors (Lipinski definition) is 3. The molecule has 0 spiro atoms. The Bertz CT molecular complexity index is 229. The summed E-state index contributed by atoms with van der Waals surface area (Å²) in [5.74, 6) is -1.20. The van der Waals surface area contributed by atoms with Crippen molar-refractivity contribution in [3.05, 3.63) is 0 Å². The molecule has 0 amide bonds. The van der Waals surface area contributed by atoms with E-state index in [-0.39, 0.29) is 24.1 Å². The fourth-order valence-electron chi connectivity index (χ4n) is 1.34. The maximum atomic E-state index is 11.8. The van der Waals surface area contributed by atoms with E-state index in [1.165, 1.54) is 0 Å². The molecule has 0 rings (SSSR count). The Hall–Kier alpha value is -0.430. The molecule has 16 heavy (non-hydrogen) atoms. The van der Waals surface area contributed by atoms with Crippen molar-refractivity contribution >= 4 is 17.7 Å². The molecule has 0 aromatic heterocycles. The smallest absolute Gasteiger partial charge is 0.441 e. The van der Waals surface area contributed by atoms with Crippen LogP contribution in [0.2, 0.25) is 0 Å². The van der Waals surface area contributed by atoms with Gasteiger partial charge in [-0.15, -0.1) is 0 Å². The van der Waals surface area contributed by atoms with Gasteiger partial charge < -0.3 is 10.4 Å². The first-order chi connectivity index (χ1) is 7.27. The molecule has 0 aromatic carbocycles. The normalized spacial score (nSPS) is 12.8. The third-order valence-electron chi connectivity index (χ3n) is 2.45. The highest BCUT2D eigenvalue weighted by molar-refractivity contribution is 8.00. The van der Waals surface area contributed by atoms with Gasteiger partial charge in [-0.25, -0.2) is 0 Å². The zero-order chi connectivity index (χ0) is 12.8. The van der Waals surface area contributed by atoms with Crippen LogP contribution in [0, 0.1) is 0 Å². The van der Waals surface area contributed by atoms with Crippen molar-refractivity contribution < 1.29 is 23.1 Å². The second-order valence-corrected chi connectivity index (χ2v) is 4.48. The molecule has 0 radical (unpaired) electrons. The van der Waals surface area contributed by atoms with Crippen molar-refractivity contribution in [3.63, 3.8) is 0 Å². The van der Waals surface area contributed by atoms with Gasteiger partial charge in [0.1, 0.15) is 5.54 Å². The highest BCUT2D eigenvalue weighted by atomic mass is 32.2. The Morgan fingerprint density at radius 3 is 2.12 bits per heavy atom. The zero-order valence-electron chi connectivity index (χ0n) is 9.23. The lowest BCUT2D eigenvalue weighted by Gasteiger charge is -2.28. The first-order valence-corrected chi connectivity index (χ1v) is 5.95. The molecule has 3 nitrogen and oxygen atoms in total. The minimum atomic E-state index is -4.26. The number of nitrogens with one attached hydrogen (secondary N) is 1. The number of carboxylic acids is 1. The molecule has 0 saturated heterocycles. The van der Waals surface area contributed by atoms with Crippen LogP contribution in [0.5, 0.6) is 0 Å². The summed E-state index contributed by atoms with van der Waals surface area (Å²) in [5, 5.41) is 11.7. The van der Waals surface area contributed by atoms with Crippen LogP contribution in [0.3, 0.4) is 0 Å². The molecule has 2 N–H and O–H groups in total. The summed E-state index contributed by atoms with van der Waals surface area (Å²) in [6.07, 6.45) is 0.686. The van der Waals surface area contributed by atoms with Crippen LogP contribution in [-0.4, -0.2) is 34.4 Å². The predicted molar refractivity (Wildman–Crippen MR) is 57.5 cm³/mol. The fraction of sp³-hybridized carbons (Fsp3) is 0.889. The molecule has 0 aliphatic carbocycles. The summed E-state index contributed by atoms with van der Waals surface area (Å²) >= 11 is -0.148. The molecule has 0 aliphatic rings. The molecular formula is C9H16F3NO2S. The van der Waals surface area contributed by atoms with Gasteiger partial charge in [0.2, 0.25) is 0 Å². The van der Waals surface area contributed by atoms with E-state index in [0.29, 0.717) is 12.8 Å². The number of aliphatic carboxylic acids is 1. The molecule has 0 heterocycles. The van der Waals surface area contributed by atoms with Crippen molar-refractivity contribution in [1.82, 2.24) is 5.32 Å². The van der Waals surface area contributed by atoms with Gasteiger partial charge in [-0.1, -0.05) is 13.8 Å². The summed E-state index contributed by atoms with van der Waals surface area (Å²) in [6.45, 7) is 3.42. The van der Waals surface area contributed by atoms with Gasteiger partial charge >= 0.3 is 11.5 Å². The highest BCUT2D eigenvalue weighted by Crippen LogP contribution is 2.29. The average molecular weight is 259 g/mol. The minimum absolute atomic E-state index is 0.0259. The van der Waals surface area contributed by atoms with Gasteiger partial charge in [-0.05, 0) is 24.6 Å². The average Bonchev–Trinajstić information content (AvgIpc) is 2.17. The molecule has 0 fully saturated rings. The van der Waals surface area contributed by atoms with E-state index in [1.54, 1.807) is 13.8 Å². The number of alkyl halides is 3. The van der Waals surface area contributed by atoms with E-state index in [9.17, 15) is 18.0 Å². The highest BCUT2D eigenvalue weighted by Gasteiger charge is 2.34. The summed E-state index contributed by atoms with van der Waals surface area (Å²) in [6, 6.07) is 0. The maximum absolute atomic E-state index is 11.8. The van der Waals surface area contributed by atoms with E-state index in [0.717, 1.165) is 0 Å². The molecule has 96 valence electrons. The van der Waals surface area contributed by atoms with Crippen LogP contribution < -0.4 is 5.32 Å². The second-order valence-electron chi connectivity index (χ2n) is 3.32. The predicted octanol–water partition coefficient (Wildman–Crippen LogP) is 2.47. The lowest BCUT2D eigenvalue weighted by atomic mass is 9.93. The first-order valence-electron chi connectivity index (χ1n) is 4.96. The van der Waals surface area contributed by atoms with Crippen molar-refractivity contribution in [2.24, 2.45) is 0 Å². The maximum Gasteiger partial charge on any atom is 0.441 e. The van der Waals surface area contributed by atoms with Crippen LogP contribution in [0.4, 0.5) is 13.2 Å². The summed E-state index contributed by atoms with van der Waals surface area (Å²) in [5.41, 5.74) is -5.36. The molecule has 0 aliphatic heterocycles. The van der Waals surface area contributed by atoms with Crippen molar-refractivity contribution in [3.8, 4) is 0 Å². The molecule has 0 aromatic rings. The Morgan fingerprint density at radius 1 is 1.31 bits per heavy atom. The molecule has 0 saturated carbocycles. The topological polar surface area (TPSA) is 49.3 Å². The number of rotatable bonds is 7. The van der Waals surface area contributed by atoms with Crippen molar-refractivity contribution in [2.45, 2.75) is 37.7 Å². The third kappa shape index (κ3) is 5.07. The Kier molecular flexibility index (Phi) is 6.17. The van der Waals surface area contributed by atoms with Crippen LogP contribution >= 0.6 is 11.8 Å².